The largest absolute Gasteiger partial charge is 0.512 e. The van der Waals surface area contributed by atoms with Gasteiger partial charge in [0.05, 0.1) is 11.7 Å². The molecular formula is C24H30N2O3S. The zero-order chi connectivity index (χ0) is 21.3. The number of aliphatic hydroxyl groups excluding tert-OH is 1. The monoisotopic (exact) mass is 426 g/mol. The van der Waals surface area contributed by atoms with E-state index in [0.29, 0.717) is 25.2 Å². The Morgan fingerprint density at radius 1 is 1.30 bits per heavy atom. The highest BCUT2D eigenvalue weighted by atomic mass is 32.2. The summed E-state index contributed by atoms with van der Waals surface area (Å²) in [5.41, 5.74) is 8.17. The number of carbonyl (C=O) groups excluding carboxylic acids is 2. The molecule has 3 aliphatic carbocycles. The van der Waals surface area contributed by atoms with Crippen LogP contribution in [-0.4, -0.2) is 27.9 Å². The van der Waals surface area contributed by atoms with Crippen LogP contribution in [0.15, 0.2) is 39.9 Å². The van der Waals surface area contributed by atoms with Crippen molar-refractivity contribution in [3.8, 4) is 0 Å². The molecule has 160 valence electrons. The van der Waals surface area contributed by atoms with Gasteiger partial charge in [0.2, 0.25) is 0 Å². The molecule has 4 rings (SSSR count). The summed E-state index contributed by atoms with van der Waals surface area (Å²) in [5, 5.41) is 10.2. The van der Waals surface area contributed by atoms with Gasteiger partial charge in [0.15, 0.2) is 0 Å². The van der Waals surface area contributed by atoms with Crippen molar-refractivity contribution in [3.63, 3.8) is 0 Å². The Morgan fingerprint density at radius 3 is 2.67 bits per heavy atom. The SMILES string of the molecule is C/C(O)=C/C(N)=NC(=O)[C@H](C[C@H]1CCC(=O)C1)c1ccc(SC2CC2)c(C2CC2)c1. The number of nitrogens with two attached hydrogens (primary N) is 1. The number of carbonyl (C=O) groups is 2. The highest BCUT2D eigenvalue weighted by Gasteiger charge is 2.33. The number of aliphatic hydroxyl groups is 1. The number of allylic oxidation sites excluding steroid dienone is 1. The highest BCUT2D eigenvalue weighted by Crippen LogP contribution is 2.49. The number of hydrogen-bond acceptors (Lipinski definition) is 4. The third-order valence-electron chi connectivity index (χ3n) is 6.08. The van der Waals surface area contributed by atoms with E-state index in [4.69, 9.17) is 5.73 Å². The molecule has 1 aromatic carbocycles. The fraction of sp³-hybridized carbons (Fsp3) is 0.542. The summed E-state index contributed by atoms with van der Waals surface area (Å²) < 4.78 is 0. The number of rotatable bonds is 8. The standard InChI is InChI=1S/C24H30N2O3S/c1-14(27)10-23(25)26-24(29)21(12-15-2-6-18(28)11-15)17-5-9-22(30-19-7-8-19)20(13-17)16-3-4-16/h5,9-10,13,15-16,19,21,27H,2-4,6-8,11-12H2,1H3,(H2,25,26,29)/b14-10-/t15-,21+/m0/s1. The van der Waals surface area contributed by atoms with Gasteiger partial charge in [-0.2, -0.15) is 4.99 Å². The van der Waals surface area contributed by atoms with E-state index < -0.39 is 5.92 Å². The molecular weight excluding hydrogens is 396 g/mol. The molecule has 6 heteroatoms. The zero-order valence-corrected chi connectivity index (χ0v) is 18.3. The maximum absolute atomic E-state index is 13.1. The summed E-state index contributed by atoms with van der Waals surface area (Å²) >= 11 is 1.97. The first-order chi connectivity index (χ1) is 14.4. The first-order valence-corrected chi connectivity index (χ1v) is 11.8. The van der Waals surface area contributed by atoms with Crippen LogP contribution in [0.5, 0.6) is 0 Å². The minimum Gasteiger partial charge on any atom is -0.512 e. The molecule has 0 heterocycles. The summed E-state index contributed by atoms with van der Waals surface area (Å²) in [6.45, 7) is 1.49. The molecule has 0 spiro atoms. The molecule has 3 fully saturated rings. The van der Waals surface area contributed by atoms with Gasteiger partial charge in [-0.15, -0.1) is 11.8 Å². The predicted octanol–water partition coefficient (Wildman–Crippen LogP) is 5.01. The van der Waals surface area contributed by atoms with Crippen LogP contribution >= 0.6 is 11.8 Å². The molecule has 2 atom stereocenters. The van der Waals surface area contributed by atoms with E-state index in [1.54, 1.807) is 0 Å². The van der Waals surface area contributed by atoms with Crippen LogP contribution in [0.4, 0.5) is 0 Å². The van der Waals surface area contributed by atoms with Crippen LogP contribution in [0.25, 0.3) is 0 Å². The Bertz CT molecular complexity index is 896. The molecule has 0 radical (unpaired) electrons. The third kappa shape index (κ3) is 5.54. The summed E-state index contributed by atoms with van der Waals surface area (Å²) in [6.07, 6.45) is 8.89. The molecule has 0 aromatic heterocycles. The second-order valence-electron chi connectivity index (χ2n) is 8.99. The van der Waals surface area contributed by atoms with Crippen LogP contribution in [-0.2, 0) is 9.59 Å². The molecule has 1 aromatic rings. The Hall–Kier alpha value is -2.08. The molecule has 3 N–H and O–H groups in total. The normalized spacial score (nSPS) is 23.6. The van der Waals surface area contributed by atoms with Crippen molar-refractivity contribution >= 4 is 29.3 Å². The van der Waals surface area contributed by atoms with E-state index in [1.165, 1.54) is 49.1 Å². The molecule has 1 amide bonds. The molecule has 0 saturated heterocycles. The number of amides is 1. The van der Waals surface area contributed by atoms with Crippen LogP contribution in [0, 0.1) is 5.92 Å². The van der Waals surface area contributed by atoms with Crippen molar-refractivity contribution in [1.82, 2.24) is 0 Å². The number of thioether (sulfide) groups is 1. The van der Waals surface area contributed by atoms with Crippen LogP contribution in [0.2, 0.25) is 0 Å². The summed E-state index contributed by atoms with van der Waals surface area (Å²) in [5.74, 6) is 0.405. The minimum atomic E-state index is -0.413. The van der Waals surface area contributed by atoms with Crippen LogP contribution < -0.4 is 5.73 Å². The highest BCUT2D eigenvalue weighted by molar-refractivity contribution is 8.00. The van der Waals surface area contributed by atoms with Gasteiger partial charge in [0.25, 0.3) is 5.91 Å². The summed E-state index contributed by atoms with van der Waals surface area (Å²) in [7, 11) is 0. The van der Waals surface area contributed by atoms with E-state index >= 15 is 0 Å². The van der Waals surface area contributed by atoms with Crippen molar-refractivity contribution in [2.75, 3.05) is 0 Å². The van der Waals surface area contributed by atoms with Gasteiger partial charge in [-0.25, -0.2) is 0 Å². The fourth-order valence-electron chi connectivity index (χ4n) is 4.23. The lowest BCUT2D eigenvalue weighted by Crippen LogP contribution is -2.19. The topological polar surface area (TPSA) is 92.8 Å². The van der Waals surface area contributed by atoms with Crippen molar-refractivity contribution < 1.29 is 14.7 Å². The maximum atomic E-state index is 13.1. The number of nitrogens with zero attached hydrogens (tertiary/aromatic N) is 1. The number of hydrogen-bond donors (Lipinski definition) is 2. The van der Waals surface area contributed by atoms with E-state index in [9.17, 15) is 14.7 Å². The van der Waals surface area contributed by atoms with Crippen LogP contribution in [0.1, 0.15) is 81.3 Å². The van der Waals surface area contributed by atoms with Gasteiger partial charge in [0, 0.05) is 29.1 Å². The number of Topliss-reactive ketones (excluding diaryl/α,β-unsaturated/α-hetero) is 1. The molecule has 5 nitrogen and oxygen atoms in total. The second kappa shape index (κ2) is 8.96. The summed E-state index contributed by atoms with van der Waals surface area (Å²) in [4.78, 5) is 30.3. The van der Waals surface area contributed by atoms with Crippen molar-refractivity contribution in [3.05, 3.63) is 41.2 Å². The smallest absolute Gasteiger partial charge is 0.255 e. The third-order valence-corrected chi connectivity index (χ3v) is 7.51. The fourth-order valence-corrected chi connectivity index (χ4v) is 5.47. The lowest BCUT2D eigenvalue weighted by atomic mass is 9.86. The van der Waals surface area contributed by atoms with E-state index in [2.05, 4.69) is 23.2 Å². The Kier molecular flexibility index (Phi) is 6.32. The zero-order valence-electron chi connectivity index (χ0n) is 17.5. The number of aliphatic imine (C=N–C) groups is 1. The predicted molar refractivity (Wildman–Crippen MR) is 120 cm³/mol. The average Bonchev–Trinajstić information content (AvgIpc) is 3.60. The van der Waals surface area contributed by atoms with Crippen molar-refractivity contribution in [1.29, 1.82) is 0 Å². The summed E-state index contributed by atoms with van der Waals surface area (Å²) in [6, 6.07) is 6.45. The van der Waals surface area contributed by atoms with Gasteiger partial charge in [-0.1, -0.05) is 12.1 Å². The first kappa shape index (κ1) is 21.2. The maximum Gasteiger partial charge on any atom is 0.255 e. The van der Waals surface area contributed by atoms with Crippen molar-refractivity contribution in [2.45, 2.75) is 80.3 Å². The Labute approximate surface area is 182 Å². The van der Waals surface area contributed by atoms with Gasteiger partial charge < -0.3 is 10.8 Å². The first-order valence-electron chi connectivity index (χ1n) is 11.0. The van der Waals surface area contributed by atoms with Gasteiger partial charge in [-0.3, -0.25) is 9.59 Å². The quantitative estimate of drug-likeness (QED) is 0.346. The number of amidine groups is 1. The molecule has 0 aliphatic heterocycles. The molecule has 3 aliphatic rings. The lowest BCUT2D eigenvalue weighted by Gasteiger charge is -2.20. The molecule has 3 saturated carbocycles. The second-order valence-corrected chi connectivity index (χ2v) is 10.3. The van der Waals surface area contributed by atoms with E-state index in [-0.39, 0.29) is 29.2 Å². The van der Waals surface area contributed by atoms with Gasteiger partial charge >= 0.3 is 0 Å². The minimum absolute atomic E-state index is 0.0100. The lowest BCUT2D eigenvalue weighted by molar-refractivity contribution is -0.120. The number of ketones is 1. The number of benzene rings is 1. The van der Waals surface area contributed by atoms with Crippen LogP contribution in [0.3, 0.4) is 0 Å². The van der Waals surface area contributed by atoms with Crippen molar-refractivity contribution in [2.24, 2.45) is 16.6 Å². The average molecular weight is 427 g/mol. The van der Waals surface area contributed by atoms with E-state index in [0.717, 1.165) is 17.2 Å². The Morgan fingerprint density at radius 2 is 2.07 bits per heavy atom. The van der Waals surface area contributed by atoms with Gasteiger partial charge in [0.1, 0.15) is 11.6 Å². The van der Waals surface area contributed by atoms with Gasteiger partial charge in [-0.05, 0) is 74.5 Å². The molecule has 0 bridgehead atoms. The molecule has 30 heavy (non-hydrogen) atoms. The van der Waals surface area contributed by atoms with E-state index in [1.807, 2.05) is 11.8 Å². The Balaban J connectivity index is 1.62. The molecule has 0 unspecified atom stereocenters.